The number of nitrogen functional groups attached to an aromatic ring is 3. The number of unbranched alkanes of at least 4 members (excludes halogenated alkanes) is 1. The van der Waals surface area contributed by atoms with E-state index < -0.39 is 17.9 Å². The van der Waals surface area contributed by atoms with Crippen molar-refractivity contribution in [2.45, 2.75) is 244 Å². The number of carbonyl (C=O) groups excluding carboxylic acids is 6. The lowest BCUT2D eigenvalue weighted by Gasteiger charge is -2.30. The van der Waals surface area contributed by atoms with E-state index in [9.17, 15) is 44.1 Å². The van der Waals surface area contributed by atoms with Gasteiger partial charge in [0.2, 0.25) is 0 Å². The Bertz CT molecular complexity index is 4860. The highest BCUT2D eigenvalue weighted by atomic mass is 16.6. The lowest BCUT2D eigenvalue weighted by Crippen LogP contribution is -2.40. The minimum Gasteiger partial charge on any atom is -0.508 e. The first-order valence-corrected chi connectivity index (χ1v) is 53.2. The fraction of sp³-hybridized carbons (Fsp3) is 0.546. The standard InChI is InChI=1S/C23H31NO4.C21H36N2O3.C21H27NO4.2C18H30N2O3.C18H29NO4/c1-4-14-27-22-16-20(25)12-13-21(22)23(26)28-17-19(24(5-2)6-3)15-18-10-8-7-9-11-18;1-6-9-12-25-20-14-17(22)10-11-19(20)21(24)26-15-18(13-16(4)5)23(7-2)8-3;1-4-12-25-20-14-18(23)10-11-19(20)21(24)26-15-17(22(2)3)13-16-8-6-5-7-9-16;2*1-6-9-22-17-11-14(19)7-8-16(17)18(21)23-12-15(20(4)5)10-13(2)3;1-6-9-22-17-11-15(20)7-8-16(17)18(21)23-12-14(19(4)5)10-13(2)3/h7-13,16,19,25H,4-6,14-15,17H2,1-3H3;10-11,14,16,18H,6-9,12-13,15,22H2,1-5H3;5-11,14,17,23H,4,12-13,15H2,1-3H3;2*7-8,11,13,15H,6,9-10,12,19H2,1-5H3;7-8,11,13-14,20H,6,9-10,12H2,1-5H3/t19-;18-;17-;2*15-;14-/m010101/s1. The molecule has 30 nitrogen and oxygen atoms in total. The largest absolute Gasteiger partial charge is 0.508 e. The molecule has 0 saturated carbocycles. The van der Waals surface area contributed by atoms with Crippen molar-refractivity contribution in [3.8, 4) is 51.7 Å². The molecule has 8 rings (SSSR count). The summed E-state index contributed by atoms with van der Waals surface area (Å²) in [5, 5.41) is 28.9. The van der Waals surface area contributed by atoms with Crippen molar-refractivity contribution >= 4 is 52.9 Å². The molecule has 149 heavy (non-hydrogen) atoms. The van der Waals surface area contributed by atoms with E-state index in [1.165, 1.54) is 59.7 Å². The van der Waals surface area contributed by atoms with Gasteiger partial charge in [-0.3, -0.25) is 9.80 Å². The highest BCUT2D eigenvalue weighted by Gasteiger charge is 2.29. The molecule has 0 radical (unpaired) electrons. The van der Waals surface area contributed by atoms with E-state index in [4.69, 9.17) is 74.0 Å². The van der Waals surface area contributed by atoms with E-state index in [0.717, 1.165) is 110 Å². The molecule has 0 bridgehead atoms. The van der Waals surface area contributed by atoms with Gasteiger partial charge in [0.15, 0.2) is 0 Å². The molecule has 8 aromatic carbocycles. The van der Waals surface area contributed by atoms with Crippen LogP contribution in [0.15, 0.2) is 170 Å². The summed E-state index contributed by atoms with van der Waals surface area (Å²) in [5.41, 5.74) is 23.8. The van der Waals surface area contributed by atoms with Gasteiger partial charge in [0.1, 0.15) is 125 Å². The second-order valence-corrected chi connectivity index (χ2v) is 39.5. The molecule has 0 fully saturated rings. The van der Waals surface area contributed by atoms with Crippen LogP contribution in [-0.2, 0) is 41.3 Å². The van der Waals surface area contributed by atoms with Crippen LogP contribution >= 0.6 is 0 Å². The number of ether oxygens (including phenoxy) is 12. The zero-order chi connectivity index (χ0) is 111. The third-order valence-corrected chi connectivity index (χ3v) is 23.9. The van der Waals surface area contributed by atoms with Crippen LogP contribution in [-0.4, -0.2) is 279 Å². The average molecular weight is 2080 g/mol. The molecular weight excluding hydrogens is 1890 g/mol. The number of esters is 6. The van der Waals surface area contributed by atoms with E-state index in [1.54, 1.807) is 60.7 Å². The summed E-state index contributed by atoms with van der Waals surface area (Å²) in [6.45, 7) is 46.6. The lowest BCUT2D eigenvalue weighted by molar-refractivity contribution is 0.0323. The fourth-order valence-corrected chi connectivity index (χ4v) is 15.5. The van der Waals surface area contributed by atoms with Crippen LogP contribution in [0.25, 0.3) is 0 Å². The van der Waals surface area contributed by atoms with Crippen LogP contribution < -0.4 is 45.6 Å². The molecule has 0 saturated heterocycles. The highest BCUT2D eigenvalue weighted by molar-refractivity contribution is 5.96. The molecule has 0 aromatic heterocycles. The number of carbonyl (C=O) groups is 6. The predicted octanol–water partition coefficient (Wildman–Crippen LogP) is 21.9. The van der Waals surface area contributed by atoms with E-state index in [2.05, 4.69) is 139 Å². The van der Waals surface area contributed by atoms with E-state index >= 15 is 0 Å². The summed E-state index contributed by atoms with van der Waals surface area (Å²) in [4.78, 5) is 87.9. The molecule has 0 unspecified atom stereocenters. The van der Waals surface area contributed by atoms with Crippen molar-refractivity contribution in [3.05, 3.63) is 214 Å². The van der Waals surface area contributed by atoms with Crippen LogP contribution in [0, 0.1) is 23.7 Å². The third-order valence-electron chi connectivity index (χ3n) is 23.9. The number of hydrogen-bond donors (Lipinski definition) is 6. The SMILES string of the molecule is CCCCOc1cc(N)ccc1C(=O)OC[C@@H](CC(C)C)N(CC)CC.CCCOc1cc(N)ccc1C(=O)OC[C@@H](CC(C)C)N(C)C.CCCOc1cc(N)ccc1C(=O)OC[C@H](CC(C)C)N(C)C.CCCOc1cc(O)ccc1C(=O)OC[C@@H](CC(C)C)N(C)C.CCCOc1cc(O)ccc1C(=O)OC[C@H](Cc1ccccc1)N(C)C.CCCOc1cc(O)ccc1C(=O)OC[C@H](Cc1ccccc1)N(CC)CC. The summed E-state index contributed by atoms with van der Waals surface area (Å²) in [5.74, 6) is 2.50. The van der Waals surface area contributed by atoms with Gasteiger partial charge >= 0.3 is 35.8 Å². The minimum absolute atomic E-state index is 0.0582. The van der Waals surface area contributed by atoms with Crippen LogP contribution in [0.2, 0.25) is 0 Å². The quantitative estimate of drug-likeness (QED) is 0.00892. The van der Waals surface area contributed by atoms with Gasteiger partial charge in [0, 0.05) is 89.7 Å². The van der Waals surface area contributed by atoms with Gasteiger partial charge in [-0.2, -0.15) is 0 Å². The van der Waals surface area contributed by atoms with Crippen molar-refractivity contribution in [1.29, 1.82) is 0 Å². The smallest absolute Gasteiger partial charge is 0.341 e. The number of phenolic OH excluding ortho intramolecular Hbond substituents is 3. The lowest BCUT2D eigenvalue weighted by atomic mass is 10.0. The van der Waals surface area contributed by atoms with Crippen LogP contribution in [0.4, 0.5) is 17.1 Å². The molecule has 8 aromatic rings. The molecule has 0 aliphatic heterocycles. The van der Waals surface area contributed by atoms with Crippen molar-refractivity contribution in [3.63, 3.8) is 0 Å². The average Bonchev–Trinajstić information content (AvgIpc) is 0.869. The third kappa shape index (κ3) is 51.8. The second-order valence-electron chi connectivity index (χ2n) is 39.5. The van der Waals surface area contributed by atoms with Gasteiger partial charge in [0.25, 0.3) is 0 Å². The Hall–Kier alpha value is -12.1. The van der Waals surface area contributed by atoms with Crippen molar-refractivity contribution in [1.82, 2.24) is 29.4 Å². The summed E-state index contributed by atoms with van der Waals surface area (Å²) in [6, 6.07) is 49.8. The summed E-state index contributed by atoms with van der Waals surface area (Å²) < 4.78 is 67.1. The molecule has 6 atom stereocenters. The maximum Gasteiger partial charge on any atom is 0.341 e. The number of anilines is 3. The summed E-state index contributed by atoms with van der Waals surface area (Å²) in [6.07, 6.45) is 11.6. The Labute approximate surface area is 891 Å². The molecule has 0 amide bonds. The van der Waals surface area contributed by atoms with Crippen LogP contribution in [0.3, 0.4) is 0 Å². The normalized spacial score (nSPS) is 12.3. The van der Waals surface area contributed by atoms with E-state index in [1.807, 2.05) is 132 Å². The monoisotopic (exact) mass is 2070 g/mol. The number of benzene rings is 8. The van der Waals surface area contributed by atoms with Gasteiger partial charge in [0.05, 0.1) is 39.6 Å². The topological polar surface area (TPSA) is 371 Å². The second kappa shape index (κ2) is 74.0. The molecule has 0 aliphatic carbocycles. The molecule has 0 spiro atoms. The van der Waals surface area contributed by atoms with Gasteiger partial charge in [-0.15, -0.1) is 0 Å². The van der Waals surface area contributed by atoms with Gasteiger partial charge < -0.3 is 109 Å². The number of hydrogen-bond acceptors (Lipinski definition) is 30. The highest BCUT2D eigenvalue weighted by Crippen LogP contribution is 2.33. The Kier molecular flexibility index (Phi) is 65.1. The molecule has 830 valence electrons. The van der Waals surface area contributed by atoms with E-state index in [0.29, 0.717) is 181 Å². The number of nitrogens with zero attached hydrogens (tertiary/aromatic N) is 6. The Morgan fingerprint density at radius 3 is 0.718 bits per heavy atom. The van der Waals surface area contributed by atoms with Crippen molar-refractivity contribution in [2.75, 3.05) is 179 Å². The maximum absolute atomic E-state index is 12.7. The molecule has 30 heteroatoms. The molecular formula is C119H183N9O21. The Morgan fingerprint density at radius 2 is 0.477 bits per heavy atom. The van der Waals surface area contributed by atoms with Gasteiger partial charge in [-0.1, -0.05) is 192 Å². The number of likely N-dealkylation sites (N-methyl/N-ethyl adjacent to an activating group) is 6. The van der Waals surface area contributed by atoms with Crippen molar-refractivity contribution < 1.29 is 101 Å². The maximum atomic E-state index is 12.7. The fourth-order valence-electron chi connectivity index (χ4n) is 15.5. The Morgan fingerprint density at radius 1 is 0.262 bits per heavy atom. The first-order valence-electron chi connectivity index (χ1n) is 53.2. The number of aromatic hydroxyl groups is 3. The summed E-state index contributed by atoms with van der Waals surface area (Å²) >= 11 is 0. The first kappa shape index (κ1) is 131. The van der Waals surface area contributed by atoms with Gasteiger partial charge in [-0.05, 0) is 267 Å². The minimum atomic E-state index is -0.448. The zero-order valence-electron chi connectivity index (χ0n) is 94.6. The van der Waals surface area contributed by atoms with Crippen LogP contribution in [0.5, 0.6) is 51.7 Å². The predicted molar refractivity (Wildman–Crippen MR) is 599 cm³/mol. The molecule has 0 heterocycles. The van der Waals surface area contributed by atoms with Crippen LogP contribution in [0.1, 0.15) is 269 Å². The molecule has 0 aliphatic rings. The first-order chi connectivity index (χ1) is 71.0. The summed E-state index contributed by atoms with van der Waals surface area (Å²) in [7, 11) is 15.9. The molecule has 9 N–H and O–H groups in total. The number of phenols is 3. The van der Waals surface area contributed by atoms with Gasteiger partial charge in [-0.25, -0.2) is 28.8 Å². The number of nitrogens with two attached hydrogens (primary N) is 3. The zero-order valence-corrected chi connectivity index (χ0v) is 94.6. The van der Waals surface area contributed by atoms with Crippen molar-refractivity contribution in [2.24, 2.45) is 23.7 Å². The Balaban J connectivity index is 0.000000460. The number of rotatable bonds is 59. The van der Waals surface area contributed by atoms with E-state index in [-0.39, 0.29) is 78.0 Å².